The molecule has 0 aromatic rings. The van der Waals surface area contributed by atoms with Crippen molar-refractivity contribution in [2.45, 2.75) is 70.1 Å². The van der Waals surface area contributed by atoms with Gasteiger partial charge in [-0.05, 0) is 25.7 Å². The smallest absolute Gasteiger partial charge is 0.352 e. The second-order valence-electron chi connectivity index (χ2n) is 5.36. The number of unbranched alkanes of at least 4 members (excludes halogenated alkanes) is 1. The number of carbonyl (C=O) groups excluding carboxylic acids is 1. The molecular weight excluding hydrogens is 257 g/mol. The van der Waals surface area contributed by atoms with E-state index in [1.54, 1.807) is 0 Å². The number of nitrogens with one attached hydrogen (secondary N) is 1. The van der Waals surface area contributed by atoms with Crippen LogP contribution in [0.15, 0.2) is 0 Å². The van der Waals surface area contributed by atoms with E-state index in [1.165, 1.54) is 0 Å². The predicted octanol–water partition coefficient (Wildman–Crippen LogP) is 2.74. The summed E-state index contributed by atoms with van der Waals surface area (Å²) in [7, 11) is 0. The monoisotopic (exact) mass is 280 g/mol. The summed E-state index contributed by atoms with van der Waals surface area (Å²) in [5.41, 5.74) is 5.71. The van der Waals surface area contributed by atoms with Gasteiger partial charge in [0.15, 0.2) is 0 Å². The van der Waals surface area contributed by atoms with Gasteiger partial charge in [0.25, 0.3) is 0 Å². The molecule has 0 heterocycles. The Hall–Kier alpha value is -0.780. The van der Waals surface area contributed by atoms with Crippen molar-refractivity contribution in [3.63, 3.8) is 0 Å². The van der Waals surface area contributed by atoms with Crippen LogP contribution in [0.4, 0.5) is 13.2 Å². The first kappa shape index (κ1) is 16.3. The van der Waals surface area contributed by atoms with E-state index >= 15 is 0 Å². The van der Waals surface area contributed by atoms with Crippen LogP contribution in [-0.4, -0.2) is 24.2 Å². The van der Waals surface area contributed by atoms with E-state index in [9.17, 15) is 18.0 Å². The van der Waals surface area contributed by atoms with E-state index in [0.717, 1.165) is 12.8 Å². The highest BCUT2D eigenvalue weighted by molar-refractivity contribution is 5.81. The summed E-state index contributed by atoms with van der Waals surface area (Å²) >= 11 is 0. The molecular formula is C13H23F3N2O. The Morgan fingerprint density at radius 2 is 2.11 bits per heavy atom. The molecule has 1 amide bonds. The summed E-state index contributed by atoms with van der Waals surface area (Å²) in [4.78, 5) is 11.8. The van der Waals surface area contributed by atoms with E-state index in [2.05, 4.69) is 5.32 Å². The quantitative estimate of drug-likeness (QED) is 0.813. The van der Waals surface area contributed by atoms with Crippen LogP contribution < -0.4 is 11.1 Å². The third kappa shape index (κ3) is 5.38. The number of hydrogen-bond donors (Lipinski definition) is 2. The van der Waals surface area contributed by atoms with Crippen molar-refractivity contribution in [3.05, 3.63) is 0 Å². The molecule has 0 aromatic heterocycles. The molecule has 0 spiro atoms. The fourth-order valence-corrected chi connectivity index (χ4v) is 2.48. The number of alkyl halides is 3. The fraction of sp³-hybridized carbons (Fsp3) is 0.923. The minimum Gasteiger partial charge on any atom is -0.352 e. The molecule has 1 fully saturated rings. The first-order valence-corrected chi connectivity index (χ1v) is 6.97. The van der Waals surface area contributed by atoms with Crippen molar-refractivity contribution in [1.82, 2.24) is 5.32 Å². The molecule has 0 aliphatic heterocycles. The number of nitrogens with two attached hydrogens (primary N) is 1. The van der Waals surface area contributed by atoms with Crippen LogP contribution in [0.2, 0.25) is 0 Å². The maximum Gasteiger partial charge on any atom is 0.391 e. The topological polar surface area (TPSA) is 55.1 Å². The van der Waals surface area contributed by atoms with E-state index in [4.69, 9.17) is 5.73 Å². The van der Waals surface area contributed by atoms with Crippen molar-refractivity contribution < 1.29 is 18.0 Å². The van der Waals surface area contributed by atoms with Crippen molar-refractivity contribution >= 4 is 5.91 Å². The van der Waals surface area contributed by atoms with Gasteiger partial charge in [-0.1, -0.05) is 26.2 Å². The molecule has 0 bridgehead atoms. The highest BCUT2D eigenvalue weighted by atomic mass is 19.4. The van der Waals surface area contributed by atoms with Crippen molar-refractivity contribution in [3.8, 4) is 0 Å². The highest BCUT2D eigenvalue weighted by Crippen LogP contribution is 2.37. The summed E-state index contributed by atoms with van der Waals surface area (Å²) in [6, 6.07) is -0.994. The summed E-state index contributed by atoms with van der Waals surface area (Å²) in [5, 5.41) is 2.67. The Labute approximate surface area is 112 Å². The van der Waals surface area contributed by atoms with Crippen LogP contribution in [0.1, 0.15) is 51.9 Å². The standard InChI is InChI=1S/C13H23F3N2O/c1-2-3-7-11(17)12(19)18-10-6-4-5-9(8-10)13(14,15)16/h9-11H,2-8,17H2,1H3,(H,18,19). The molecule has 1 rings (SSSR count). The Bertz CT molecular complexity index is 294. The summed E-state index contributed by atoms with van der Waals surface area (Å²) in [5.74, 6) is -1.61. The minimum atomic E-state index is -4.16. The van der Waals surface area contributed by atoms with E-state index < -0.39 is 18.1 Å². The number of hydrogen-bond acceptors (Lipinski definition) is 2. The summed E-state index contributed by atoms with van der Waals surface area (Å²) in [6.07, 6.45) is -0.526. The minimum absolute atomic E-state index is 0.0181. The van der Waals surface area contributed by atoms with Gasteiger partial charge in [0.1, 0.15) is 0 Å². The van der Waals surface area contributed by atoms with Gasteiger partial charge < -0.3 is 11.1 Å². The van der Waals surface area contributed by atoms with Crippen LogP contribution in [0, 0.1) is 5.92 Å². The zero-order valence-electron chi connectivity index (χ0n) is 11.3. The van der Waals surface area contributed by atoms with Gasteiger partial charge in [0.05, 0.1) is 12.0 Å². The average molecular weight is 280 g/mol. The van der Waals surface area contributed by atoms with Gasteiger partial charge in [-0.15, -0.1) is 0 Å². The molecule has 0 aromatic carbocycles. The molecule has 3 nitrogen and oxygen atoms in total. The lowest BCUT2D eigenvalue weighted by Gasteiger charge is -2.31. The van der Waals surface area contributed by atoms with Crippen LogP contribution >= 0.6 is 0 Å². The van der Waals surface area contributed by atoms with E-state index in [-0.39, 0.29) is 24.8 Å². The molecule has 6 heteroatoms. The first-order valence-electron chi connectivity index (χ1n) is 6.97. The van der Waals surface area contributed by atoms with Crippen LogP contribution in [0.5, 0.6) is 0 Å². The third-order valence-corrected chi connectivity index (χ3v) is 3.69. The molecule has 112 valence electrons. The van der Waals surface area contributed by atoms with Crippen molar-refractivity contribution in [1.29, 1.82) is 0 Å². The van der Waals surface area contributed by atoms with Gasteiger partial charge in [0, 0.05) is 6.04 Å². The van der Waals surface area contributed by atoms with Crippen LogP contribution in [0.3, 0.4) is 0 Å². The predicted molar refractivity (Wildman–Crippen MR) is 67.4 cm³/mol. The van der Waals surface area contributed by atoms with Crippen LogP contribution in [0.25, 0.3) is 0 Å². The lowest BCUT2D eigenvalue weighted by Crippen LogP contribution is -2.48. The number of carbonyl (C=O) groups is 1. The number of halogens is 3. The lowest BCUT2D eigenvalue weighted by atomic mass is 9.85. The van der Waals surface area contributed by atoms with Gasteiger partial charge in [-0.2, -0.15) is 13.2 Å². The van der Waals surface area contributed by atoms with Crippen LogP contribution in [-0.2, 0) is 4.79 Å². The maximum absolute atomic E-state index is 12.6. The SMILES string of the molecule is CCCCC(N)C(=O)NC1CCCC(C(F)(F)F)C1. The van der Waals surface area contributed by atoms with Gasteiger partial charge in [-0.25, -0.2) is 0 Å². The van der Waals surface area contributed by atoms with E-state index in [0.29, 0.717) is 19.3 Å². The van der Waals surface area contributed by atoms with Gasteiger partial charge in [0.2, 0.25) is 5.91 Å². The van der Waals surface area contributed by atoms with Gasteiger partial charge in [-0.3, -0.25) is 4.79 Å². The van der Waals surface area contributed by atoms with Crippen molar-refractivity contribution in [2.24, 2.45) is 11.7 Å². The van der Waals surface area contributed by atoms with Crippen molar-refractivity contribution in [2.75, 3.05) is 0 Å². The molecule has 0 radical (unpaired) electrons. The zero-order valence-corrected chi connectivity index (χ0v) is 11.3. The Kier molecular flexibility index (Phi) is 6.10. The normalized spacial score (nSPS) is 25.9. The molecule has 3 atom stereocenters. The van der Waals surface area contributed by atoms with E-state index in [1.807, 2.05) is 6.92 Å². The second kappa shape index (κ2) is 7.12. The second-order valence-corrected chi connectivity index (χ2v) is 5.36. The molecule has 19 heavy (non-hydrogen) atoms. The Balaban J connectivity index is 2.42. The number of rotatable bonds is 5. The molecule has 1 aliphatic carbocycles. The molecule has 3 unspecified atom stereocenters. The summed E-state index contributed by atoms with van der Waals surface area (Å²) < 4.78 is 37.9. The molecule has 3 N–H and O–H groups in total. The largest absolute Gasteiger partial charge is 0.391 e. The zero-order chi connectivity index (χ0) is 14.5. The highest BCUT2D eigenvalue weighted by Gasteiger charge is 2.42. The third-order valence-electron chi connectivity index (χ3n) is 3.69. The van der Waals surface area contributed by atoms with Gasteiger partial charge >= 0.3 is 6.18 Å². The fourth-order valence-electron chi connectivity index (χ4n) is 2.48. The molecule has 1 saturated carbocycles. The molecule has 0 saturated heterocycles. The Morgan fingerprint density at radius 1 is 1.42 bits per heavy atom. The maximum atomic E-state index is 12.6. The number of amides is 1. The molecule has 1 aliphatic rings. The first-order chi connectivity index (χ1) is 8.84. The Morgan fingerprint density at radius 3 is 2.68 bits per heavy atom. The lowest BCUT2D eigenvalue weighted by molar-refractivity contribution is -0.184. The average Bonchev–Trinajstić information content (AvgIpc) is 2.35. The summed E-state index contributed by atoms with van der Waals surface area (Å²) in [6.45, 7) is 2.00.